The molecule has 3 aromatic heterocycles. The molecule has 4 rings (SSSR count). The number of nitrogens with two attached hydrogens (primary N) is 1. The lowest BCUT2D eigenvalue weighted by Gasteiger charge is -2.08. The average Bonchev–Trinajstić information content (AvgIpc) is 3.11. The third kappa shape index (κ3) is 2.14. The first kappa shape index (κ1) is 12.6. The molecule has 0 amide bonds. The minimum atomic E-state index is 0.351. The molecule has 0 bridgehead atoms. The monoisotopic (exact) mass is 297 g/mol. The fourth-order valence-corrected chi connectivity index (χ4v) is 4.11. The molecule has 3 aromatic rings. The van der Waals surface area contributed by atoms with E-state index >= 15 is 0 Å². The quantitative estimate of drug-likeness (QED) is 0.778. The second kappa shape index (κ2) is 5.00. The number of anilines is 1. The zero-order valence-corrected chi connectivity index (χ0v) is 12.3. The van der Waals surface area contributed by atoms with Crippen molar-refractivity contribution in [3.63, 3.8) is 0 Å². The molecule has 0 radical (unpaired) electrons. The van der Waals surface area contributed by atoms with Gasteiger partial charge in [0.15, 0.2) is 0 Å². The Kier molecular flexibility index (Phi) is 3.00. The molecular formula is C16H15N3OS. The molecule has 0 saturated carbocycles. The van der Waals surface area contributed by atoms with Crippen molar-refractivity contribution in [1.82, 2.24) is 10.1 Å². The Bertz CT molecular complexity index is 753. The topological polar surface area (TPSA) is 64.9 Å². The smallest absolute Gasteiger partial charge is 0.230 e. The molecule has 0 atom stereocenters. The summed E-state index contributed by atoms with van der Waals surface area (Å²) in [6, 6.07) is 6.12. The van der Waals surface area contributed by atoms with Gasteiger partial charge < -0.3 is 10.3 Å². The van der Waals surface area contributed by atoms with E-state index in [0.29, 0.717) is 5.88 Å². The summed E-state index contributed by atoms with van der Waals surface area (Å²) in [6.45, 7) is 0. The third-order valence-corrected chi connectivity index (χ3v) is 5.14. The summed E-state index contributed by atoms with van der Waals surface area (Å²) in [5.74, 6) is 0.351. The van der Waals surface area contributed by atoms with Crippen LogP contribution >= 0.6 is 11.3 Å². The normalized spacial score (nSPS) is 14.1. The van der Waals surface area contributed by atoms with E-state index in [1.54, 1.807) is 12.4 Å². The zero-order valence-electron chi connectivity index (χ0n) is 11.5. The van der Waals surface area contributed by atoms with Gasteiger partial charge in [0.25, 0.3) is 0 Å². The SMILES string of the molecule is Nc1onc(-c2cc3c(s2)CCCC3)c1-c1cccnc1. The van der Waals surface area contributed by atoms with E-state index < -0.39 is 0 Å². The summed E-state index contributed by atoms with van der Waals surface area (Å²) in [5, 5.41) is 4.19. The second-order valence-corrected chi connectivity index (χ2v) is 6.42. The molecule has 4 nitrogen and oxygen atoms in total. The van der Waals surface area contributed by atoms with Crippen LogP contribution in [-0.4, -0.2) is 10.1 Å². The fourth-order valence-electron chi connectivity index (χ4n) is 2.87. The van der Waals surface area contributed by atoms with Gasteiger partial charge in [-0.15, -0.1) is 11.3 Å². The number of aromatic nitrogens is 2. The van der Waals surface area contributed by atoms with Gasteiger partial charge in [0.2, 0.25) is 5.88 Å². The Hall–Kier alpha value is -2.14. The van der Waals surface area contributed by atoms with Gasteiger partial charge >= 0.3 is 0 Å². The number of aryl methyl sites for hydroxylation is 2. The number of hydrogen-bond donors (Lipinski definition) is 1. The number of thiophene rings is 1. The molecule has 0 aliphatic heterocycles. The lowest BCUT2D eigenvalue weighted by atomic mass is 9.98. The second-order valence-electron chi connectivity index (χ2n) is 5.28. The first-order chi connectivity index (χ1) is 10.3. The highest BCUT2D eigenvalue weighted by Gasteiger charge is 2.21. The largest absolute Gasteiger partial charge is 0.367 e. The van der Waals surface area contributed by atoms with Gasteiger partial charge in [-0.2, -0.15) is 0 Å². The van der Waals surface area contributed by atoms with Crippen LogP contribution in [0.1, 0.15) is 23.3 Å². The average molecular weight is 297 g/mol. The third-order valence-electron chi connectivity index (χ3n) is 3.90. The molecule has 0 saturated heterocycles. The van der Waals surface area contributed by atoms with E-state index in [9.17, 15) is 0 Å². The number of nitrogens with zero attached hydrogens (tertiary/aromatic N) is 2. The summed E-state index contributed by atoms with van der Waals surface area (Å²) in [6.07, 6.45) is 8.44. The number of hydrogen-bond acceptors (Lipinski definition) is 5. The first-order valence-electron chi connectivity index (χ1n) is 7.10. The van der Waals surface area contributed by atoms with Crippen molar-refractivity contribution >= 4 is 17.2 Å². The van der Waals surface area contributed by atoms with Gasteiger partial charge in [0.05, 0.1) is 10.4 Å². The summed E-state index contributed by atoms with van der Waals surface area (Å²) < 4.78 is 5.24. The van der Waals surface area contributed by atoms with Crippen molar-refractivity contribution in [3.05, 3.63) is 41.0 Å². The Morgan fingerprint density at radius 3 is 2.95 bits per heavy atom. The molecule has 21 heavy (non-hydrogen) atoms. The molecule has 0 unspecified atom stereocenters. The Morgan fingerprint density at radius 2 is 2.14 bits per heavy atom. The van der Waals surface area contributed by atoms with Crippen molar-refractivity contribution in [2.75, 3.05) is 5.73 Å². The van der Waals surface area contributed by atoms with E-state index in [4.69, 9.17) is 10.3 Å². The van der Waals surface area contributed by atoms with Crippen LogP contribution in [0.25, 0.3) is 21.7 Å². The summed E-state index contributed by atoms with van der Waals surface area (Å²) in [5.41, 5.74) is 10.1. The molecular weight excluding hydrogens is 282 g/mol. The van der Waals surface area contributed by atoms with E-state index in [1.807, 2.05) is 23.5 Å². The highest BCUT2D eigenvalue weighted by molar-refractivity contribution is 7.15. The number of nitrogen functional groups attached to an aromatic ring is 1. The lowest BCUT2D eigenvalue weighted by molar-refractivity contribution is 0.439. The summed E-state index contributed by atoms with van der Waals surface area (Å²) in [7, 11) is 0. The predicted molar refractivity (Wildman–Crippen MR) is 84.1 cm³/mol. The van der Waals surface area contributed by atoms with Crippen LogP contribution in [-0.2, 0) is 12.8 Å². The highest BCUT2D eigenvalue weighted by atomic mass is 32.1. The molecule has 1 aliphatic rings. The molecule has 1 aliphatic carbocycles. The van der Waals surface area contributed by atoms with Gasteiger partial charge in [-0.1, -0.05) is 11.2 Å². The van der Waals surface area contributed by atoms with Crippen LogP contribution in [0.5, 0.6) is 0 Å². The van der Waals surface area contributed by atoms with Crippen LogP contribution in [0.3, 0.4) is 0 Å². The van der Waals surface area contributed by atoms with Crippen LogP contribution in [0, 0.1) is 0 Å². The van der Waals surface area contributed by atoms with Crippen LogP contribution < -0.4 is 5.73 Å². The van der Waals surface area contributed by atoms with Gasteiger partial charge in [0, 0.05) is 22.8 Å². The highest BCUT2D eigenvalue weighted by Crippen LogP contribution is 2.41. The van der Waals surface area contributed by atoms with Crippen molar-refractivity contribution in [2.45, 2.75) is 25.7 Å². The molecule has 0 fully saturated rings. The fraction of sp³-hybridized carbons (Fsp3) is 0.250. The molecule has 0 aromatic carbocycles. The summed E-state index contributed by atoms with van der Waals surface area (Å²) in [4.78, 5) is 6.78. The van der Waals surface area contributed by atoms with Gasteiger partial charge in [0.1, 0.15) is 5.69 Å². The van der Waals surface area contributed by atoms with E-state index in [0.717, 1.165) is 21.7 Å². The minimum absolute atomic E-state index is 0.351. The Morgan fingerprint density at radius 1 is 1.24 bits per heavy atom. The van der Waals surface area contributed by atoms with Gasteiger partial charge in [-0.3, -0.25) is 4.98 Å². The van der Waals surface area contributed by atoms with E-state index in [1.165, 1.54) is 36.1 Å². The number of rotatable bonds is 2. The van der Waals surface area contributed by atoms with Gasteiger partial charge in [-0.05, 0) is 43.4 Å². The zero-order chi connectivity index (χ0) is 14.2. The first-order valence-corrected chi connectivity index (χ1v) is 7.92. The number of fused-ring (bicyclic) bond motifs is 1. The predicted octanol–water partition coefficient (Wildman–Crippen LogP) is 3.93. The molecule has 0 spiro atoms. The van der Waals surface area contributed by atoms with Crippen molar-refractivity contribution < 1.29 is 4.52 Å². The van der Waals surface area contributed by atoms with Crippen LogP contribution in [0.2, 0.25) is 0 Å². The van der Waals surface area contributed by atoms with E-state index in [-0.39, 0.29) is 0 Å². The van der Waals surface area contributed by atoms with Crippen molar-refractivity contribution in [3.8, 4) is 21.7 Å². The van der Waals surface area contributed by atoms with Gasteiger partial charge in [-0.25, -0.2) is 0 Å². The molecule has 106 valence electrons. The lowest BCUT2D eigenvalue weighted by Crippen LogP contribution is -1.96. The number of pyridine rings is 1. The Labute approximate surface area is 126 Å². The van der Waals surface area contributed by atoms with Crippen LogP contribution in [0.4, 0.5) is 5.88 Å². The maximum absolute atomic E-state index is 5.98. The molecule has 3 heterocycles. The molecule has 5 heteroatoms. The molecule has 2 N–H and O–H groups in total. The maximum Gasteiger partial charge on any atom is 0.230 e. The van der Waals surface area contributed by atoms with Crippen LogP contribution in [0.15, 0.2) is 35.1 Å². The Balaban J connectivity index is 1.85. The standard InChI is InChI=1S/C16H15N3OS/c17-16-14(11-5-3-7-18-9-11)15(19-20-16)13-8-10-4-1-2-6-12(10)21-13/h3,5,7-9H,1-2,4,6,17H2. The van der Waals surface area contributed by atoms with E-state index in [2.05, 4.69) is 16.2 Å². The maximum atomic E-state index is 5.98. The van der Waals surface area contributed by atoms with Crippen molar-refractivity contribution in [1.29, 1.82) is 0 Å². The summed E-state index contributed by atoms with van der Waals surface area (Å²) >= 11 is 1.81. The van der Waals surface area contributed by atoms with Crippen molar-refractivity contribution in [2.24, 2.45) is 0 Å². The minimum Gasteiger partial charge on any atom is -0.367 e.